The summed E-state index contributed by atoms with van der Waals surface area (Å²) in [5.41, 5.74) is 7.19. The summed E-state index contributed by atoms with van der Waals surface area (Å²) >= 11 is 0. The summed E-state index contributed by atoms with van der Waals surface area (Å²) in [4.78, 5) is 21.7. The molecule has 6 N–H and O–H groups in total. The van der Waals surface area contributed by atoms with E-state index in [0.29, 0.717) is 0 Å². The number of hydrogen-bond acceptors (Lipinski definition) is 4. The zero-order chi connectivity index (χ0) is 12.8. The molecule has 0 spiro atoms. The van der Waals surface area contributed by atoms with Crippen LogP contribution in [-0.4, -0.2) is 33.7 Å². The monoisotopic (exact) mass is 228 g/mol. The lowest BCUT2D eigenvalue weighted by Crippen LogP contribution is -2.56. The predicted octanol–water partition coefficient (Wildman–Crippen LogP) is -1.43. The van der Waals surface area contributed by atoms with Crippen molar-refractivity contribution >= 4 is 11.8 Å². The van der Waals surface area contributed by atoms with E-state index in [9.17, 15) is 19.8 Å². The molecule has 0 aromatic heterocycles. The van der Waals surface area contributed by atoms with E-state index in [1.807, 2.05) is 6.92 Å². The number of nitrogens with two attached hydrogens (primary N) is 2. The van der Waals surface area contributed by atoms with Gasteiger partial charge in [-0.2, -0.15) is 0 Å². The molecule has 0 aromatic rings. The molecule has 0 fully saturated rings. The number of carbonyl (C=O) groups is 2. The van der Waals surface area contributed by atoms with E-state index in [2.05, 4.69) is 0 Å². The predicted molar refractivity (Wildman–Crippen MR) is 57.9 cm³/mol. The highest BCUT2D eigenvalue weighted by Crippen LogP contribution is 2.12. The van der Waals surface area contributed by atoms with Crippen LogP contribution in [0, 0.1) is 0 Å². The highest BCUT2D eigenvalue weighted by Gasteiger charge is 2.42. The van der Waals surface area contributed by atoms with Crippen LogP contribution in [0.15, 0.2) is 24.3 Å². The molecular formula is C10H16N2O4. The standard InChI is InChI=1S/C10H16N2O4/c1-2-3-4-5-6-10(16,9(12)15)7(13)8(11)14/h3-7,13,16H,2H2,1H3,(H2,11,14)(H2,12,15)/b4-3+,6-5+. The van der Waals surface area contributed by atoms with Crippen molar-refractivity contribution < 1.29 is 19.8 Å². The number of carbonyl (C=O) groups excluding carboxylic acids is 2. The van der Waals surface area contributed by atoms with Crippen molar-refractivity contribution in [3.05, 3.63) is 24.3 Å². The van der Waals surface area contributed by atoms with E-state index < -0.39 is 23.5 Å². The molecule has 0 heterocycles. The smallest absolute Gasteiger partial charge is 0.256 e. The van der Waals surface area contributed by atoms with Gasteiger partial charge in [0.15, 0.2) is 11.7 Å². The number of amides is 2. The molecule has 0 rings (SSSR count). The van der Waals surface area contributed by atoms with Gasteiger partial charge in [0.2, 0.25) is 5.91 Å². The third kappa shape index (κ3) is 3.48. The molecular weight excluding hydrogens is 212 g/mol. The fourth-order valence-electron chi connectivity index (χ4n) is 0.942. The highest BCUT2D eigenvalue weighted by atomic mass is 16.4. The minimum absolute atomic E-state index is 0.762. The Labute approximate surface area is 93.2 Å². The molecule has 0 aliphatic heterocycles. The second kappa shape index (κ2) is 6.04. The van der Waals surface area contributed by atoms with Gasteiger partial charge in [0.1, 0.15) is 0 Å². The van der Waals surface area contributed by atoms with Crippen LogP contribution in [0.5, 0.6) is 0 Å². The largest absolute Gasteiger partial charge is 0.379 e. The van der Waals surface area contributed by atoms with Crippen molar-refractivity contribution in [1.29, 1.82) is 0 Å². The summed E-state index contributed by atoms with van der Waals surface area (Å²) in [7, 11) is 0. The van der Waals surface area contributed by atoms with Crippen LogP contribution in [-0.2, 0) is 9.59 Å². The third-order valence-corrected chi connectivity index (χ3v) is 1.91. The van der Waals surface area contributed by atoms with Crippen molar-refractivity contribution in [3.63, 3.8) is 0 Å². The second-order valence-electron chi connectivity index (χ2n) is 3.19. The van der Waals surface area contributed by atoms with Gasteiger partial charge in [0, 0.05) is 0 Å². The molecule has 16 heavy (non-hydrogen) atoms. The van der Waals surface area contributed by atoms with Gasteiger partial charge < -0.3 is 21.7 Å². The minimum Gasteiger partial charge on any atom is -0.379 e. The van der Waals surface area contributed by atoms with Gasteiger partial charge in [0.25, 0.3) is 5.91 Å². The molecule has 0 radical (unpaired) electrons. The molecule has 6 heteroatoms. The van der Waals surface area contributed by atoms with Crippen LogP contribution >= 0.6 is 0 Å². The van der Waals surface area contributed by atoms with Gasteiger partial charge in [-0.1, -0.05) is 25.2 Å². The number of primary amides is 2. The number of aliphatic hydroxyl groups excluding tert-OH is 1. The van der Waals surface area contributed by atoms with Crippen LogP contribution in [0.4, 0.5) is 0 Å². The number of allylic oxidation sites excluding steroid dienone is 3. The van der Waals surface area contributed by atoms with Crippen molar-refractivity contribution in [2.24, 2.45) is 11.5 Å². The Morgan fingerprint density at radius 2 is 1.94 bits per heavy atom. The fourth-order valence-corrected chi connectivity index (χ4v) is 0.942. The average Bonchev–Trinajstić information content (AvgIpc) is 2.22. The molecule has 0 bridgehead atoms. The number of rotatable bonds is 6. The number of hydrogen-bond donors (Lipinski definition) is 4. The van der Waals surface area contributed by atoms with Crippen LogP contribution < -0.4 is 11.5 Å². The van der Waals surface area contributed by atoms with Gasteiger partial charge in [-0.3, -0.25) is 9.59 Å². The molecule has 2 amide bonds. The summed E-state index contributed by atoms with van der Waals surface area (Å²) in [6.07, 6.45) is 4.21. The lowest BCUT2D eigenvalue weighted by atomic mass is 9.94. The maximum atomic E-state index is 11.0. The average molecular weight is 228 g/mol. The van der Waals surface area contributed by atoms with E-state index in [4.69, 9.17) is 11.5 Å². The second-order valence-corrected chi connectivity index (χ2v) is 3.19. The molecule has 2 atom stereocenters. The first-order valence-electron chi connectivity index (χ1n) is 4.70. The maximum absolute atomic E-state index is 11.0. The van der Waals surface area contributed by atoms with Gasteiger partial charge in [-0.25, -0.2) is 0 Å². The Morgan fingerprint density at radius 3 is 2.31 bits per heavy atom. The molecule has 0 aromatic carbocycles. The Hall–Kier alpha value is -1.66. The summed E-state index contributed by atoms with van der Waals surface area (Å²) in [5, 5.41) is 19.0. The quantitative estimate of drug-likeness (QED) is 0.416. The Kier molecular flexibility index (Phi) is 5.41. The Balaban J connectivity index is 4.98. The van der Waals surface area contributed by atoms with Gasteiger partial charge in [-0.05, 0) is 12.5 Å². The normalized spacial score (nSPS) is 17.4. The first-order chi connectivity index (χ1) is 7.36. The van der Waals surface area contributed by atoms with Crippen LogP contribution in [0.2, 0.25) is 0 Å². The molecule has 0 aliphatic carbocycles. The Morgan fingerprint density at radius 1 is 1.38 bits per heavy atom. The van der Waals surface area contributed by atoms with E-state index in [-0.39, 0.29) is 0 Å². The molecule has 0 saturated carbocycles. The molecule has 90 valence electrons. The third-order valence-electron chi connectivity index (χ3n) is 1.91. The van der Waals surface area contributed by atoms with E-state index >= 15 is 0 Å². The van der Waals surface area contributed by atoms with E-state index in [1.54, 1.807) is 12.2 Å². The minimum atomic E-state index is -2.48. The van der Waals surface area contributed by atoms with Crippen LogP contribution in [0.3, 0.4) is 0 Å². The summed E-state index contributed by atoms with van der Waals surface area (Å²) in [5.74, 6) is -2.48. The first kappa shape index (κ1) is 14.3. The van der Waals surface area contributed by atoms with Crippen molar-refractivity contribution in [1.82, 2.24) is 0 Å². The van der Waals surface area contributed by atoms with Crippen LogP contribution in [0.1, 0.15) is 13.3 Å². The summed E-state index contributed by atoms with van der Waals surface area (Å²) in [6, 6.07) is 0. The van der Waals surface area contributed by atoms with Crippen LogP contribution in [0.25, 0.3) is 0 Å². The lowest BCUT2D eigenvalue weighted by Gasteiger charge is -2.24. The summed E-state index contributed by atoms with van der Waals surface area (Å²) in [6.45, 7) is 1.89. The van der Waals surface area contributed by atoms with Gasteiger partial charge >= 0.3 is 0 Å². The van der Waals surface area contributed by atoms with Crippen molar-refractivity contribution in [2.75, 3.05) is 0 Å². The summed E-state index contributed by atoms with van der Waals surface area (Å²) < 4.78 is 0. The van der Waals surface area contributed by atoms with Gasteiger partial charge in [-0.15, -0.1) is 0 Å². The first-order valence-corrected chi connectivity index (χ1v) is 4.70. The molecule has 2 unspecified atom stereocenters. The molecule has 0 saturated heterocycles. The SMILES string of the molecule is CC/C=C/C=C/C(O)(C(N)=O)C(O)C(N)=O. The fraction of sp³-hybridized carbons (Fsp3) is 0.400. The van der Waals surface area contributed by atoms with Crippen molar-refractivity contribution in [2.45, 2.75) is 25.0 Å². The Bertz CT molecular complexity index is 325. The van der Waals surface area contributed by atoms with E-state index in [1.165, 1.54) is 6.08 Å². The lowest BCUT2D eigenvalue weighted by molar-refractivity contribution is -0.151. The maximum Gasteiger partial charge on any atom is 0.256 e. The highest BCUT2D eigenvalue weighted by molar-refractivity contribution is 5.94. The molecule has 6 nitrogen and oxygen atoms in total. The van der Waals surface area contributed by atoms with Crippen molar-refractivity contribution in [3.8, 4) is 0 Å². The van der Waals surface area contributed by atoms with Gasteiger partial charge in [0.05, 0.1) is 0 Å². The topological polar surface area (TPSA) is 127 Å². The molecule has 0 aliphatic rings. The number of aliphatic hydroxyl groups is 2. The zero-order valence-corrected chi connectivity index (χ0v) is 8.96. The van der Waals surface area contributed by atoms with E-state index in [0.717, 1.165) is 12.5 Å². The zero-order valence-electron chi connectivity index (χ0n) is 8.96.